The normalized spacial score (nSPS) is 16.8. The first kappa shape index (κ1) is 16.9. The third-order valence-corrected chi connectivity index (χ3v) is 5.49. The predicted molar refractivity (Wildman–Crippen MR) is 95.3 cm³/mol. The number of cyclic esters (lactones) is 1. The number of carbonyl (C=O) groups is 1. The standard InChI is InChI=1S/C18H15BrO4S/c1-24(21,22)15-8-4-13(5-9-15)17(16-10-11-23-18(16)20)12-2-6-14(19)7-3-12/h2-9H,10-11H2,1H3/b17-16-. The van der Waals surface area contributed by atoms with Crippen LogP contribution in [-0.2, 0) is 19.4 Å². The molecule has 0 amide bonds. The maximum absolute atomic E-state index is 12.1. The second kappa shape index (κ2) is 6.53. The Labute approximate surface area is 149 Å². The molecule has 2 aromatic carbocycles. The molecular weight excluding hydrogens is 392 g/mol. The van der Waals surface area contributed by atoms with Crippen LogP contribution < -0.4 is 0 Å². The summed E-state index contributed by atoms with van der Waals surface area (Å²) in [5, 5.41) is 0. The number of sulfone groups is 1. The first-order valence-corrected chi connectivity index (χ1v) is 10.0. The van der Waals surface area contributed by atoms with Gasteiger partial charge < -0.3 is 4.74 Å². The van der Waals surface area contributed by atoms with E-state index in [1.807, 2.05) is 24.3 Å². The lowest BCUT2D eigenvalue weighted by atomic mass is 9.92. The summed E-state index contributed by atoms with van der Waals surface area (Å²) in [6.07, 6.45) is 1.71. The maximum Gasteiger partial charge on any atom is 0.334 e. The molecule has 0 N–H and O–H groups in total. The highest BCUT2D eigenvalue weighted by molar-refractivity contribution is 9.10. The van der Waals surface area contributed by atoms with E-state index < -0.39 is 9.84 Å². The van der Waals surface area contributed by atoms with Crippen molar-refractivity contribution in [2.75, 3.05) is 12.9 Å². The van der Waals surface area contributed by atoms with Crippen LogP contribution >= 0.6 is 15.9 Å². The summed E-state index contributed by atoms with van der Waals surface area (Å²) in [6.45, 7) is 0.371. The molecular formula is C18H15BrO4S. The third-order valence-electron chi connectivity index (χ3n) is 3.84. The van der Waals surface area contributed by atoms with Crippen LogP contribution in [0.15, 0.2) is 63.5 Å². The first-order valence-electron chi connectivity index (χ1n) is 7.33. The average molecular weight is 407 g/mol. The fourth-order valence-corrected chi connectivity index (χ4v) is 3.56. The van der Waals surface area contributed by atoms with Crippen LogP contribution in [0.4, 0.5) is 0 Å². The SMILES string of the molecule is CS(=O)(=O)c1ccc(/C(=C2/CCOC2=O)c2ccc(Br)cc2)cc1. The van der Waals surface area contributed by atoms with Crippen LogP contribution in [0.5, 0.6) is 0 Å². The van der Waals surface area contributed by atoms with Crippen molar-refractivity contribution < 1.29 is 17.9 Å². The van der Waals surface area contributed by atoms with E-state index in [4.69, 9.17) is 4.74 Å². The Morgan fingerprint density at radius 1 is 1.00 bits per heavy atom. The van der Waals surface area contributed by atoms with Crippen molar-refractivity contribution in [3.63, 3.8) is 0 Å². The van der Waals surface area contributed by atoms with Crippen LogP contribution in [0.2, 0.25) is 0 Å². The number of rotatable bonds is 3. The van der Waals surface area contributed by atoms with E-state index in [-0.39, 0.29) is 10.9 Å². The predicted octanol–water partition coefficient (Wildman–Crippen LogP) is 3.60. The molecule has 1 aliphatic heterocycles. The molecule has 24 heavy (non-hydrogen) atoms. The summed E-state index contributed by atoms with van der Waals surface area (Å²) < 4.78 is 29.3. The molecule has 0 atom stereocenters. The van der Waals surface area contributed by atoms with Crippen molar-refractivity contribution in [1.29, 1.82) is 0 Å². The second-order valence-electron chi connectivity index (χ2n) is 5.54. The third kappa shape index (κ3) is 3.44. The number of hydrogen-bond donors (Lipinski definition) is 0. The molecule has 1 saturated heterocycles. The Bertz CT molecular complexity index is 910. The molecule has 124 valence electrons. The minimum Gasteiger partial charge on any atom is -0.462 e. The molecule has 3 rings (SSSR count). The van der Waals surface area contributed by atoms with E-state index in [0.717, 1.165) is 21.2 Å². The number of carbonyl (C=O) groups excluding carboxylic acids is 1. The lowest BCUT2D eigenvalue weighted by molar-refractivity contribution is -0.135. The maximum atomic E-state index is 12.1. The molecule has 1 aliphatic rings. The molecule has 0 unspecified atom stereocenters. The largest absolute Gasteiger partial charge is 0.462 e. The second-order valence-corrected chi connectivity index (χ2v) is 8.47. The monoisotopic (exact) mass is 406 g/mol. The van der Waals surface area contributed by atoms with E-state index in [1.165, 1.54) is 6.26 Å². The van der Waals surface area contributed by atoms with E-state index >= 15 is 0 Å². The molecule has 0 spiro atoms. The zero-order valence-electron chi connectivity index (χ0n) is 13.0. The van der Waals surface area contributed by atoms with Gasteiger partial charge in [0, 0.05) is 22.7 Å². The van der Waals surface area contributed by atoms with Crippen LogP contribution in [0.25, 0.3) is 5.57 Å². The van der Waals surface area contributed by atoms with Crippen molar-refractivity contribution in [3.05, 3.63) is 69.7 Å². The summed E-state index contributed by atoms with van der Waals surface area (Å²) in [5.41, 5.74) is 3.08. The highest BCUT2D eigenvalue weighted by Gasteiger charge is 2.25. The highest BCUT2D eigenvalue weighted by Crippen LogP contribution is 2.32. The molecule has 1 heterocycles. The first-order chi connectivity index (χ1) is 11.4. The number of halogens is 1. The van der Waals surface area contributed by atoms with Gasteiger partial charge in [-0.05, 0) is 41.0 Å². The Kier molecular flexibility index (Phi) is 4.60. The molecule has 0 aromatic heterocycles. The summed E-state index contributed by atoms with van der Waals surface area (Å²) in [7, 11) is -3.26. The highest BCUT2D eigenvalue weighted by atomic mass is 79.9. The van der Waals surface area contributed by atoms with Gasteiger partial charge in [-0.1, -0.05) is 40.2 Å². The molecule has 0 saturated carbocycles. The Morgan fingerprint density at radius 2 is 1.54 bits per heavy atom. The van der Waals surface area contributed by atoms with E-state index in [0.29, 0.717) is 18.6 Å². The Balaban J connectivity index is 2.16. The molecule has 2 aromatic rings. The van der Waals surface area contributed by atoms with Crippen molar-refractivity contribution in [2.24, 2.45) is 0 Å². The van der Waals surface area contributed by atoms with Crippen molar-refractivity contribution in [2.45, 2.75) is 11.3 Å². The molecule has 4 nitrogen and oxygen atoms in total. The van der Waals surface area contributed by atoms with Gasteiger partial charge in [-0.25, -0.2) is 13.2 Å². The number of benzene rings is 2. The molecule has 6 heteroatoms. The number of hydrogen-bond acceptors (Lipinski definition) is 4. The lowest BCUT2D eigenvalue weighted by Gasteiger charge is -2.12. The summed E-state index contributed by atoms with van der Waals surface area (Å²) in [4.78, 5) is 12.3. The van der Waals surface area contributed by atoms with E-state index in [9.17, 15) is 13.2 Å². The van der Waals surface area contributed by atoms with Gasteiger partial charge in [0.1, 0.15) is 0 Å². The summed E-state index contributed by atoms with van der Waals surface area (Å²) >= 11 is 3.40. The Hall–Kier alpha value is -1.92. The average Bonchev–Trinajstić information content (AvgIpc) is 2.95. The summed E-state index contributed by atoms with van der Waals surface area (Å²) in [5.74, 6) is -0.319. The smallest absolute Gasteiger partial charge is 0.334 e. The van der Waals surface area contributed by atoms with Crippen LogP contribution in [0, 0.1) is 0 Å². The van der Waals surface area contributed by atoms with Gasteiger partial charge >= 0.3 is 5.97 Å². The Morgan fingerprint density at radius 3 is 2.00 bits per heavy atom. The minimum absolute atomic E-state index is 0.250. The van der Waals surface area contributed by atoms with E-state index in [1.54, 1.807) is 24.3 Å². The number of esters is 1. The van der Waals surface area contributed by atoms with Crippen molar-refractivity contribution >= 4 is 37.3 Å². The summed E-state index contributed by atoms with van der Waals surface area (Å²) in [6, 6.07) is 14.2. The zero-order valence-corrected chi connectivity index (χ0v) is 15.4. The van der Waals surface area contributed by atoms with Gasteiger partial charge in [0.05, 0.1) is 11.5 Å². The van der Waals surface area contributed by atoms with Crippen LogP contribution in [-0.4, -0.2) is 27.2 Å². The van der Waals surface area contributed by atoms with Gasteiger partial charge in [0.25, 0.3) is 0 Å². The van der Waals surface area contributed by atoms with Gasteiger partial charge in [0.2, 0.25) is 0 Å². The molecule has 0 aliphatic carbocycles. The van der Waals surface area contributed by atoms with Gasteiger partial charge in [0.15, 0.2) is 9.84 Å². The number of ether oxygens (including phenoxy) is 1. The zero-order chi connectivity index (χ0) is 17.3. The van der Waals surface area contributed by atoms with Crippen molar-refractivity contribution in [1.82, 2.24) is 0 Å². The van der Waals surface area contributed by atoms with Gasteiger partial charge in [-0.3, -0.25) is 0 Å². The van der Waals surface area contributed by atoms with Gasteiger partial charge in [-0.15, -0.1) is 0 Å². The van der Waals surface area contributed by atoms with Crippen LogP contribution in [0.3, 0.4) is 0 Å². The van der Waals surface area contributed by atoms with E-state index in [2.05, 4.69) is 15.9 Å². The lowest BCUT2D eigenvalue weighted by Crippen LogP contribution is -2.02. The van der Waals surface area contributed by atoms with Gasteiger partial charge in [-0.2, -0.15) is 0 Å². The molecule has 0 radical (unpaired) electrons. The van der Waals surface area contributed by atoms with Crippen LogP contribution in [0.1, 0.15) is 17.5 Å². The van der Waals surface area contributed by atoms with Crippen molar-refractivity contribution in [3.8, 4) is 0 Å². The minimum atomic E-state index is -3.26. The fraction of sp³-hybridized carbons (Fsp3) is 0.167. The topological polar surface area (TPSA) is 60.4 Å². The molecule has 0 bridgehead atoms. The molecule has 1 fully saturated rings. The fourth-order valence-electron chi connectivity index (χ4n) is 2.66. The quantitative estimate of drug-likeness (QED) is 0.576.